The molecule has 0 spiro atoms. The molecular weight excluding hydrogens is 216 g/mol. The van der Waals surface area contributed by atoms with Crippen LogP contribution in [0.25, 0.3) is 27.5 Å². The van der Waals surface area contributed by atoms with Crippen LogP contribution in [0.3, 0.4) is 0 Å². The molecule has 1 aliphatic carbocycles. The molecule has 0 unspecified atom stereocenters. The largest absolute Gasteiger partial charge is 0.0905 e. The Kier molecular flexibility index (Phi) is 1.79. The van der Waals surface area contributed by atoms with Crippen LogP contribution in [0.15, 0.2) is 67.2 Å². The Labute approximate surface area is 106 Å². The van der Waals surface area contributed by atoms with Gasteiger partial charge in [-0.1, -0.05) is 55.1 Å². The highest BCUT2D eigenvalue weighted by atomic mass is 14.2. The van der Waals surface area contributed by atoms with Gasteiger partial charge in [-0.15, -0.1) is 0 Å². The van der Waals surface area contributed by atoms with Crippen LogP contribution in [0.5, 0.6) is 0 Å². The average Bonchev–Trinajstić information content (AvgIpc) is 2.71. The predicted molar refractivity (Wildman–Crippen MR) is 77.5 cm³/mol. The van der Waals surface area contributed by atoms with Gasteiger partial charge in [-0.2, -0.15) is 0 Å². The third-order valence-corrected chi connectivity index (χ3v) is 3.75. The molecule has 0 saturated heterocycles. The molecule has 0 saturated carbocycles. The molecule has 3 aromatic rings. The number of benzene rings is 3. The molecule has 0 nitrogen and oxygen atoms in total. The summed E-state index contributed by atoms with van der Waals surface area (Å²) in [5.41, 5.74) is 6.31. The molecular formula is C18H12. The van der Waals surface area contributed by atoms with E-state index in [1.54, 1.807) is 0 Å². The van der Waals surface area contributed by atoms with E-state index in [1.807, 2.05) is 0 Å². The molecule has 18 heavy (non-hydrogen) atoms. The molecule has 0 N–H and O–H groups in total. The van der Waals surface area contributed by atoms with Crippen LogP contribution < -0.4 is 0 Å². The monoisotopic (exact) mass is 228 g/mol. The van der Waals surface area contributed by atoms with Crippen molar-refractivity contribution in [1.82, 2.24) is 0 Å². The second-order valence-corrected chi connectivity index (χ2v) is 4.77. The van der Waals surface area contributed by atoms with E-state index >= 15 is 0 Å². The molecule has 0 heterocycles. The van der Waals surface area contributed by atoms with Crippen LogP contribution >= 0.6 is 0 Å². The summed E-state index contributed by atoms with van der Waals surface area (Å²) in [5, 5.41) is 2.57. The first-order valence-electron chi connectivity index (χ1n) is 6.16. The zero-order chi connectivity index (χ0) is 12.1. The standard InChI is InChI=1S/C18H12/c1-12-15-8-4-5-9-16(15)18-11-14-7-3-2-6-13(14)10-17(12)18/h2-11H,1H2. The van der Waals surface area contributed by atoms with Crippen LogP contribution in [0.2, 0.25) is 0 Å². The van der Waals surface area contributed by atoms with Crippen molar-refractivity contribution < 1.29 is 0 Å². The maximum Gasteiger partial charge on any atom is -0.00928 e. The normalized spacial score (nSPS) is 12.6. The van der Waals surface area contributed by atoms with E-state index < -0.39 is 0 Å². The van der Waals surface area contributed by atoms with Gasteiger partial charge in [0, 0.05) is 0 Å². The second kappa shape index (κ2) is 3.33. The molecule has 4 rings (SSSR count). The highest BCUT2D eigenvalue weighted by molar-refractivity contribution is 6.05. The fourth-order valence-electron chi connectivity index (χ4n) is 2.84. The van der Waals surface area contributed by atoms with Gasteiger partial charge in [-0.05, 0) is 50.7 Å². The lowest BCUT2D eigenvalue weighted by atomic mass is 10.00. The quantitative estimate of drug-likeness (QED) is 0.402. The van der Waals surface area contributed by atoms with Gasteiger partial charge in [0.05, 0.1) is 0 Å². The lowest BCUT2D eigenvalue weighted by Crippen LogP contribution is -1.80. The Morgan fingerprint density at radius 3 is 1.83 bits per heavy atom. The zero-order valence-corrected chi connectivity index (χ0v) is 9.98. The maximum atomic E-state index is 4.24. The van der Waals surface area contributed by atoms with Crippen LogP contribution in [0, 0.1) is 0 Å². The third-order valence-electron chi connectivity index (χ3n) is 3.75. The van der Waals surface area contributed by atoms with E-state index in [0.29, 0.717) is 0 Å². The summed E-state index contributed by atoms with van der Waals surface area (Å²) in [6.07, 6.45) is 0. The Balaban J connectivity index is 2.14. The van der Waals surface area contributed by atoms with Crippen molar-refractivity contribution in [2.75, 3.05) is 0 Å². The van der Waals surface area contributed by atoms with E-state index in [9.17, 15) is 0 Å². The van der Waals surface area contributed by atoms with Crippen molar-refractivity contribution in [3.05, 3.63) is 78.4 Å². The van der Waals surface area contributed by atoms with Gasteiger partial charge in [-0.3, -0.25) is 0 Å². The van der Waals surface area contributed by atoms with Gasteiger partial charge in [0.15, 0.2) is 0 Å². The van der Waals surface area contributed by atoms with Gasteiger partial charge >= 0.3 is 0 Å². The average molecular weight is 228 g/mol. The summed E-state index contributed by atoms with van der Waals surface area (Å²) in [5.74, 6) is 0. The predicted octanol–water partition coefficient (Wildman–Crippen LogP) is 4.88. The van der Waals surface area contributed by atoms with Crippen LogP contribution in [0.1, 0.15) is 11.1 Å². The molecule has 0 radical (unpaired) electrons. The summed E-state index contributed by atoms with van der Waals surface area (Å²) in [6.45, 7) is 4.24. The lowest BCUT2D eigenvalue weighted by Gasteiger charge is -2.04. The zero-order valence-electron chi connectivity index (χ0n) is 9.98. The van der Waals surface area contributed by atoms with Crippen molar-refractivity contribution in [3.8, 4) is 11.1 Å². The highest BCUT2D eigenvalue weighted by Crippen LogP contribution is 2.44. The molecule has 1 aliphatic rings. The fraction of sp³-hybridized carbons (Fsp3) is 0. The second-order valence-electron chi connectivity index (χ2n) is 4.77. The van der Waals surface area contributed by atoms with Gasteiger partial charge in [-0.25, -0.2) is 0 Å². The number of rotatable bonds is 0. The van der Waals surface area contributed by atoms with E-state index in [2.05, 4.69) is 67.2 Å². The molecule has 0 amide bonds. The van der Waals surface area contributed by atoms with Crippen molar-refractivity contribution in [3.63, 3.8) is 0 Å². The molecule has 0 aromatic heterocycles. The first kappa shape index (κ1) is 9.67. The Bertz CT molecular complexity index is 794. The first-order chi connectivity index (χ1) is 8.84. The minimum absolute atomic E-state index is 1.14. The molecule has 3 aromatic carbocycles. The highest BCUT2D eigenvalue weighted by Gasteiger charge is 2.21. The maximum absolute atomic E-state index is 4.24. The van der Waals surface area contributed by atoms with E-state index in [1.165, 1.54) is 33.0 Å². The number of hydrogen-bond acceptors (Lipinski definition) is 0. The van der Waals surface area contributed by atoms with Crippen molar-refractivity contribution in [2.45, 2.75) is 0 Å². The third kappa shape index (κ3) is 1.15. The van der Waals surface area contributed by atoms with Gasteiger partial charge in [0.2, 0.25) is 0 Å². The van der Waals surface area contributed by atoms with Gasteiger partial charge in [0.25, 0.3) is 0 Å². The van der Waals surface area contributed by atoms with Crippen molar-refractivity contribution in [2.24, 2.45) is 0 Å². The summed E-state index contributed by atoms with van der Waals surface area (Å²) in [7, 11) is 0. The van der Waals surface area contributed by atoms with Gasteiger partial charge < -0.3 is 0 Å². The Morgan fingerprint density at radius 2 is 1.11 bits per heavy atom. The van der Waals surface area contributed by atoms with Crippen LogP contribution in [0.4, 0.5) is 0 Å². The summed E-state index contributed by atoms with van der Waals surface area (Å²) < 4.78 is 0. The first-order valence-corrected chi connectivity index (χ1v) is 6.16. The Morgan fingerprint density at radius 1 is 0.556 bits per heavy atom. The molecule has 84 valence electrons. The van der Waals surface area contributed by atoms with E-state index in [0.717, 1.165) is 5.57 Å². The summed E-state index contributed by atoms with van der Waals surface area (Å²) >= 11 is 0. The SMILES string of the molecule is C=C1c2ccccc2-c2cc3ccccc3cc21. The van der Waals surface area contributed by atoms with E-state index in [4.69, 9.17) is 0 Å². The van der Waals surface area contributed by atoms with E-state index in [-0.39, 0.29) is 0 Å². The van der Waals surface area contributed by atoms with Crippen LogP contribution in [-0.4, -0.2) is 0 Å². The lowest BCUT2D eigenvalue weighted by molar-refractivity contribution is 1.66. The molecule has 0 aliphatic heterocycles. The fourth-order valence-corrected chi connectivity index (χ4v) is 2.84. The Hall–Kier alpha value is -2.34. The number of fused-ring (bicyclic) bond motifs is 4. The molecule has 0 bridgehead atoms. The smallest absolute Gasteiger partial charge is 0.00928 e. The topological polar surface area (TPSA) is 0 Å². The summed E-state index contributed by atoms with van der Waals surface area (Å²) in [6, 6.07) is 21.5. The van der Waals surface area contributed by atoms with Crippen LogP contribution in [-0.2, 0) is 0 Å². The summed E-state index contributed by atoms with van der Waals surface area (Å²) in [4.78, 5) is 0. The number of hydrogen-bond donors (Lipinski definition) is 0. The minimum Gasteiger partial charge on any atom is -0.0905 e. The molecule has 0 fully saturated rings. The molecule has 0 atom stereocenters. The van der Waals surface area contributed by atoms with Crippen molar-refractivity contribution in [1.29, 1.82) is 0 Å². The molecule has 0 heteroatoms. The minimum atomic E-state index is 1.14. The van der Waals surface area contributed by atoms with Crippen molar-refractivity contribution >= 4 is 16.3 Å². The van der Waals surface area contributed by atoms with Gasteiger partial charge in [0.1, 0.15) is 0 Å².